The van der Waals surface area contributed by atoms with E-state index in [1.54, 1.807) is 0 Å². The number of amides is 2. The Hall–Kier alpha value is -2.30. The number of benzene rings is 1. The standard InChI is InChI=1S/C22H29N3O2/c1-14(2)21(26)24-9-4-5-16(12-24)22(27)25-10-8-20-18(13-25)17-11-15(3)6-7-19(17)23-20/h6-7,11,14,16,23H,4-5,8-10,12-13H2,1-3H3. The molecule has 144 valence electrons. The number of carbonyl (C=O) groups is 2. The molecule has 1 unspecified atom stereocenters. The molecular weight excluding hydrogens is 338 g/mol. The van der Waals surface area contributed by atoms with Crippen molar-refractivity contribution in [3.05, 3.63) is 35.0 Å². The van der Waals surface area contributed by atoms with E-state index < -0.39 is 0 Å². The Bertz CT molecular complexity index is 883. The number of piperidine rings is 1. The van der Waals surface area contributed by atoms with Crippen molar-refractivity contribution in [1.29, 1.82) is 0 Å². The summed E-state index contributed by atoms with van der Waals surface area (Å²) in [5, 5.41) is 1.24. The first kappa shape index (κ1) is 18.1. The molecule has 1 N–H and O–H groups in total. The fourth-order valence-corrected chi connectivity index (χ4v) is 4.52. The molecule has 1 saturated heterocycles. The van der Waals surface area contributed by atoms with Gasteiger partial charge in [-0.1, -0.05) is 25.5 Å². The number of aryl methyl sites for hydroxylation is 1. The van der Waals surface area contributed by atoms with Crippen LogP contribution in [-0.4, -0.2) is 46.2 Å². The Morgan fingerprint density at radius 1 is 1.19 bits per heavy atom. The Morgan fingerprint density at radius 3 is 2.78 bits per heavy atom. The molecule has 0 radical (unpaired) electrons. The zero-order valence-electron chi connectivity index (χ0n) is 16.5. The summed E-state index contributed by atoms with van der Waals surface area (Å²) in [7, 11) is 0. The Morgan fingerprint density at radius 2 is 2.00 bits per heavy atom. The molecule has 1 fully saturated rings. The molecule has 2 aromatic rings. The molecular formula is C22H29N3O2. The molecule has 1 aromatic heterocycles. The first-order valence-corrected chi connectivity index (χ1v) is 10.1. The number of aromatic nitrogens is 1. The maximum Gasteiger partial charge on any atom is 0.227 e. The van der Waals surface area contributed by atoms with Gasteiger partial charge in [0.15, 0.2) is 0 Å². The van der Waals surface area contributed by atoms with Crippen LogP contribution in [0.4, 0.5) is 0 Å². The molecule has 0 spiro atoms. The molecule has 1 atom stereocenters. The van der Waals surface area contributed by atoms with E-state index in [2.05, 4.69) is 30.1 Å². The van der Waals surface area contributed by atoms with Crippen LogP contribution < -0.4 is 0 Å². The highest BCUT2D eigenvalue weighted by molar-refractivity contribution is 5.87. The number of rotatable bonds is 2. The highest BCUT2D eigenvalue weighted by Gasteiger charge is 2.33. The predicted molar refractivity (Wildman–Crippen MR) is 106 cm³/mol. The van der Waals surface area contributed by atoms with Crippen molar-refractivity contribution in [3.63, 3.8) is 0 Å². The average Bonchev–Trinajstić information content (AvgIpc) is 3.04. The average molecular weight is 367 g/mol. The van der Waals surface area contributed by atoms with Gasteiger partial charge in [0.2, 0.25) is 11.8 Å². The van der Waals surface area contributed by atoms with Crippen LogP contribution in [0.1, 0.15) is 43.5 Å². The number of aromatic amines is 1. The van der Waals surface area contributed by atoms with Crippen LogP contribution in [0.3, 0.4) is 0 Å². The minimum absolute atomic E-state index is 0.00847. The third-order valence-corrected chi connectivity index (χ3v) is 6.02. The molecule has 2 amide bonds. The smallest absolute Gasteiger partial charge is 0.227 e. The second-order valence-electron chi connectivity index (χ2n) is 8.42. The quantitative estimate of drug-likeness (QED) is 0.886. The molecule has 5 nitrogen and oxygen atoms in total. The van der Waals surface area contributed by atoms with E-state index >= 15 is 0 Å². The number of hydrogen-bond acceptors (Lipinski definition) is 2. The number of fused-ring (bicyclic) bond motifs is 3. The monoisotopic (exact) mass is 367 g/mol. The highest BCUT2D eigenvalue weighted by atomic mass is 16.2. The number of nitrogens with one attached hydrogen (secondary N) is 1. The van der Waals surface area contributed by atoms with Crippen molar-refractivity contribution in [2.45, 2.75) is 46.6 Å². The summed E-state index contributed by atoms with van der Waals surface area (Å²) in [5.41, 5.74) is 4.92. The molecule has 5 heteroatoms. The van der Waals surface area contributed by atoms with Gasteiger partial charge in [-0.3, -0.25) is 9.59 Å². The van der Waals surface area contributed by atoms with Crippen LogP contribution in [0.2, 0.25) is 0 Å². The predicted octanol–water partition coefficient (Wildman–Crippen LogP) is 3.26. The number of likely N-dealkylation sites (tertiary alicyclic amines) is 1. The lowest BCUT2D eigenvalue weighted by molar-refractivity contribution is -0.142. The summed E-state index contributed by atoms with van der Waals surface area (Å²) in [6, 6.07) is 6.46. The van der Waals surface area contributed by atoms with E-state index in [1.165, 1.54) is 22.2 Å². The van der Waals surface area contributed by atoms with Gasteiger partial charge in [0.1, 0.15) is 0 Å². The van der Waals surface area contributed by atoms with Crippen LogP contribution in [0.25, 0.3) is 10.9 Å². The van der Waals surface area contributed by atoms with Crippen molar-refractivity contribution in [2.24, 2.45) is 11.8 Å². The minimum Gasteiger partial charge on any atom is -0.358 e. The summed E-state index contributed by atoms with van der Waals surface area (Å²) in [6.07, 6.45) is 2.67. The second kappa shape index (κ2) is 7.02. The van der Waals surface area contributed by atoms with Crippen LogP contribution >= 0.6 is 0 Å². The zero-order valence-corrected chi connectivity index (χ0v) is 16.5. The number of H-pyrrole nitrogens is 1. The lowest BCUT2D eigenvalue weighted by atomic mass is 9.94. The fourth-order valence-electron chi connectivity index (χ4n) is 4.52. The topological polar surface area (TPSA) is 56.4 Å². The summed E-state index contributed by atoms with van der Waals surface area (Å²) in [6.45, 7) is 8.75. The van der Waals surface area contributed by atoms with Gasteiger partial charge in [-0.15, -0.1) is 0 Å². The maximum absolute atomic E-state index is 13.2. The third kappa shape index (κ3) is 3.35. The third-order valence-electron chi connectivity index (χ3n) is 6.02. The lowest BCUT2D eigenvalue weighted by Crippen LogP contribution is -2.48. The summed E-state index contributed by atoms with van der Waals surface area (Å²) < 4.78 is 0. The van der Waals surface area contributed by atoms with Gasteiger partial charge in [-0.2, -0.15) is 0 Å². The zero-order chi connectivity index (χ0) is 19.1. The van der Waals surface area contributed by atoms with Crippen LogP contribution in [-0.2, 0) is 22.6 Å². The van der Waals surface area contributed by atoms with Gasteiger partial charge >= 0.3 is 0 Å². The molecule has 0 aliphatic carbocycles. The van der Waals surface area contributed by atoms with Crippen molar-refractivity contribution in [3.8, 4) is 0 Å². The van der Waals surface area contributed by atoms with E-state index in [-0.39, 0.29) is 23.7 Å². The van der Waals surface area contributed by atoms with Crippen LogP contribution in [0.15, 0.2) is 18.2 Å². The SMILES string of the molecule is Cc1ccc2[nH]c3c(c2c1)CN(C(=O)C1CCCN(C(=O)C(C)C)C1)CC3. The molecule has 1 aromatic carbocycles. The second-order valence-corrected chi connectivity index (χ2v) is 8.42. The molecule has 27 heavy (non-hydrogen) atoms. The fraction of sp³-hybridized carbons (Fsp3) is 0.545. The lowest BCUT2D eigenvalue weighted by Gasteiger charge is -2.37. The molecule has 3 heterocycles. The van der Waals surface area contributed by atoms with Gasteiger partial charge in [0.05, 0.1) is 5.92 Å². The van der Waals surface area contributed by atoms with Crippen molar-refractivity contribution < 1.29 is 9.59 Å². The first-order valence-electron chi connectivity index (χ1n) is 10.1. The largest absolute Gasteiger partial charge is 0.358 e. The van der Waals surface area contributed by atoms with Crippen molar-refractivity contribution in [1.82, 2.24) is 14.8 Å². The molecule has 0 bridgehead atoms. The van der Waals surface area contributed by atoms with E-state index in [1.807, 2.05) is 23.6 Å². The normalized spacial score (nSPS) is 20.2. The van der Waals surface area contributed by atoms with E-state index in [0.717, 1.165) is 37.9 Å². The Balaban J connectivity index is 1.51. The number of carbonyl (C=O) groups excluding carboxylic acids is 2. The van der Waals surface area contributed by atoms with Gasteiger partial charge < -0.3 is 14.8 Å². The molecule has 4 rings (SSSR count). The summed E-state index contributed by atoms with van der Waals surface area (Å²) >= 11 is 0. The first-order chi connectivity index (χ1) is 12.9. The molecule has 2 aliphatic heterocycles. The van der Waals surface area contributed by atoms with E-state index in [0.29, 0.717) is 13.1 Å². The Labute approximate surface area is 160 Å². The van der Waals surface area contributed by atoms with E-state index in [4.69, 9.17) is 0 Å². The molecule has 2 aliphatic rings. The van der Waals surface area contributed by atoms with E-state index in [9.17, 15) is 9.59 Å². The highest BCUT2D eigenvalue weighted by Crippen LogP contribution is 2.30. The number of hydrogen-bond donors (Lipinski definition) is 1. The van der Waals surface area contributed by atoms with Gasteiger partial charge in [-0.25, -0.2) is 0 Å². The van der Waals surface area contributed by atoms with Gasteiger partial charge in [0.25, 0.3) is 0 Å². The maximum atomic E-state index is 13.2. The van der Waals surface area contributed by atoms with Crippen molar-refractivity contribution >= 4 is 22.7 Å². The van der Waals surface area contributed by atoms with Crippen molar-refractivity contribution in [2.75, 3.05) is 19.6 Å². The number of nitrogens with zero attached hydrogens (tertiary/aromatic N) is 2. The van der Waals surface area contributed by atoms with Gasteiger partial charge in [-0.05, 0) is 31.9 Å². The minimum atomic E-state index is -0.0602. The van der Waals surface area contributed by atoms with Crippen LogP contribution in [0.5, 0.6) is 0 Å². The molecule has 0 saturated carbocycles. The summed E-state index contributed by atoms with van der Waals surface area (Å²) in [5.74, 6) is 0.310. The van der Waals surface area contributed by atoms with Gasteiger partial charge in [0, 0.05) is 60.7 Å². The van der Waals surface area contributed by atoms with Crippen LogP contribution in [0, 0.1) is 18.8 Å². The Kier molecular flexibility index (Phi) is 4.70. The summed E-state index contributed by atoms with van der Waals surface area (Å²) in [4.78, 5) is 33.0.